The summed E-state index contributed by atoms with van der Waals surface area (Å²) in [6, 6.07) is 2.88. The average Bonchev–Trinajstić information content (AvgIpc) is 2.33. The molecule has 7 heteroatoms. The molecule has 0 atom stereocenters. The molecule has 0 saturated carbocycles. The molecule has 1 aromatic rings. The van der Waals surface area contributed by atoms with E-state index < -0.39 is 5.91 Å². The van der Waals surface area contributed by atoms with E-state index in [0.29, 0.717) is 5.56 Å². The average molecular weight is 344 g/mol. The predicted octanol–water partition coefficient (Wildman–Crippen LogP) is 3.00. The van der Waals surface area contributed by atoms with Crippen molar-refractivity contribution >= 4 is 52.1 Å². The molecule has 0 aliphatic heterocycles. The number of rotatable bonds is 7. The van der Waals surface area contributed by atoms with Crippen molar-refractivity contribution in [2.24, 2.45) is 0 Å². The monoisotopic (exact) mass is 343 g/mol. The normalized spacial score (nSPS) is 10.2. The van der Waals surface area contributed by atoms with Crippen LogP contribution in [0.25, 0.3) is 0 Å². The molecule has 0 fully saturated rings. The van der Waals surface area contributed by atoms with Crippen LogP contribution >= 0.6 is 23.2 Å². The van der Waals surface area contributed by atoms with E-state index in [4.69, 9.17) is 23.2 Å². The lowest BCUT2D eigenvalue weighted by atomic mass is 10.0. The highest BCUT2D eigenvalue weighted by atomic mass is 35.5. The van der Waals surface area contributed by atoms with Gasteiger partial charge in [-0.05, 0) is 31.5 Å². The second-order valence-corrected chi connectivity index (χ2v) is 5.76. The number of carbonyl (C=O) groups is 4. The zero-order chi connectivity index (χ0) is 16.9. The first kappa shape index (κ1) is 18.3. The number of hydrogen-bond acceptors (Lipinski definition) is 4. The topological polar surface area (TPSA) is 80.3 Å². The SMILES string of the molecule is CC(=O)CC(=O)Cc1cc(Cl)c(NC(=O)CC(C)=O)cc1Cl. The first-order valence-electron chi connectivity index (χ1n) is 6.47. The Morgan fingerprint density at radius 3 is 2.09 bits per heavy atom. The van der Waals surface area contributed by atoms with Gasteiger partial charge < -0.3 is 5.32 Å². The van der Waals surface area contributed by atoms with Gasteiger partial charge in [0, 0.05) is 11.4 Å². The predicted molar refractivity (Wildman–Crippen MR) is 84.4 cm³/mol. The lowest BCUT2D eigenvalue weighted by molar-refractivity contribution is -0.126. The van der Waals surface area contributed by atoms with Gasteiger partial charge >= 0.3 is 0 Å². The Labute approximate surface area is 138 Å². The van der Waals surface area contributed by atoms with Crippen LogP contribution in [0.3, 0.4) is 0 Å². The van der Waals surface area contributed by atoms with E-state index in [0.717, 1.165) is 0 Å². The van der Waals surface area contributed by atoms with Crippen molar-refractivity contribution < 1.29 is 19.2 Å². The van der Waals surface area contributed by atoms with E-state index in [-0.39, 0.29) is 52.3 Å². The molecule has 22 heavy (non-hydrogen) atoms. The van der Waals surface area contributed by atoms with Crippen molar-refractivity contribution in [3.63, 3.8) is 0 Å². The third kappa shape index (κ3) is 5.95. The second-order valence-electron chi connectivity index (χ2n) is 4.94. The van der Waals surface area contributed by atoms with E-state index in [9.17, 15) is 19.2 Å². The maximum atomic E-state index is 11.6. The van der Waals surface area contributed by atoms with E-state index in [1.165, 1.54) is 26.0 Å². The molecule has 0 aliphatic rings. The quantitative estimate of drug-likeness (QED) is 0.771. The molecular formula is C15H15Cl2NO4. The molecule has 1 N–H and O–H groups in total. The van der Waals surface area contributed by atoms with Gasteiger partial charge in [-0.15, -0.1) is 0 Å². The van der Waals surface area contributed by atoms with Gasteiger partial charge in [0.25, 0.3) is 0 Å². The standard InChI is InChI=1S/C15H15Cl2NO4/c1-8(19)3-11(21)5-10-6-13(17)14(7-12(10)16)18-15(22)4-9(2)20/h6-7H,3-5H2,1-2H3,(H,18,22). The number of ketones is 3. The van der Waals surface area contributed by atoms with Gasteiger partial charge in [0.15, 0.2) is 0 Å². The van der Waals surface area contributed by atoms with Crippen LogP contribution in [0.1, 0.15) is 32.3 Å². The fourth-order valence-corrected chi connectivity index (χ4v) is 2.26. The maximum Gasteiger partial charge on any atom is 0.231 e. The Bertz CT molecular complexity index is 585. The van der Waals surface area contributed by atoms with Gasteiger partial charge in [-0.3, -0.25) is 19.2 Å². The summed E-state index contributed by atoms with van der Waals surface area (Å²) in [6.45, 7) is 2.64. The van der Waals surface area contributed by atoms with Crippen molar-refractivity contribution in [2.45, 2.75) is 33.1 Å². The number of benzene rings is 1. The minimum absolute atomic E-state index is 0.0141. The first-order chi connectivity index (χ1) is 10.2. The zero-order valence-corrected chi connectivity index (χ0v) is 13.7. The van der Waals surface area contributed by atoms with Gasteiger partial charge in [-0.1, -0.05) is 23.2 Å². The van der Waals surface area contributed by atoms with Crippen molar-refractivity contribution in [2.75, 3.05) is 5.32 Å². The number of halogens is 2. The van der Waals surface area contributed by atoms with E-state index >= 15 is 0 Å². The summed E-state index contributed by atoms with van der Waals surface area (Å²) in [5, 5.41) is 2.93. The Morgan fingerprint density at radius 2 is 1.55 bits per heavy atom. The Kier molecular flexibility index (Phi) is 6.71. The molecule has 0 bridgehead atoms. The van der Waals surface area contributed by atoms with Crippen LogP contribution in [0.5, 0.6) is 0 Å². The highest BCUT2D eigenvalue weighted by Gasteiger charge is 2.14. The zero-order valence-electron chi connectivity index (χ0n) is 12.2. The van der Waals surface area contributed by atoms with E-state index in [1.54, 1.807) is 0 Å². The summed E-state index contributed by atoms with van der Waals surface area (Å²) in [6.07, 6.45) is -0.433. The third-order valence-electron chi connectivity index (χ3n) is 2.65. The van der Waals surface area contributed by atoms with E-state index in [1.807, 2.05) is 0 Å². The molecular weight excluding hydrogens is 329 g/mol. The molecule has 1 rings (SSSR count). The second kappa shape index (κ2) is 8.06. The van der Waals surface area contributed by atoms with Gasteiger partial charge in [0.1, 0.15) is 17.3 Å². The highest BCUT2D eigenvalue weighted by molar-refractivity contribution is 6.36. The summed E-state index contributed by atoms with van der Waals surface area (Å²) in [7, 11) is 0. The summed E-state index contributed by atoms with van der Waals surface area (Å²) in [5.74, 6) is -1.25. The molecule has 1 amide bonds. The molecule has 0 aliphatic carbocycles. The Hall–Kier alpha value is -1.72. The Balaban J connectivity index is 2.87. The molecule has 0 aromatic heterocycles. The fraction of sp³-hybridized carbons (Fsp3) is 0.333. The van der Waals surface area contributed by atoms with Crippen LogP contribution in [0.15, 0.2) is 12.1 Å². The summed E-state index contributed by atoms with van der Waals surface area (Å²) in [5.41, 5.74) is 0.739. The lowest BCUT2D eigenvalue weighted by Gasteiger charge is -2.10. The minimum atomic E-state index is -0.495. The van der Waals surface area contributed by atoms with Crippen LogP contribution in [0.4, 0.5) is 5.69 Å². The molecule has 0 unspecified atom stereocenters. The number of carbonyl (C=O) groups excluding carboxylic acids is 4. The molecule has 0 heterocycles. The molecule has 5 nitrogen and oxygen atoms in total. The fourth-order valence-electron chi connectivity index (χ4n) is 1.79. The number of amides is 1. The number of anilines is 1. The molecule has 0 spiro atoms. The highest BCUT2D eigenvalue weighted by Crippen LogP contribution is 2.30. The van der Waals surface area contributed by atoms with Gasteiger partial charge in [-0.2, -0.15) is 0 Å². The summed E-state index contributed by atoms with van der Waals surface area (Å²) < 4.78 is 0. The van der Waals surface area contributed by atoms with E-state index in [2.05, 4.69) is 5.32 Å². The van der Waals surface area contributed by atoms with Crippen molar-refractivity contribution in [3.05, 3.63) is 27.7 Å². The van der Waals surface area contributed by atoms with Crippen LogP contribution in [-0.2, 0) is 25.6 Å². The van der Waals surface area contributed by atoms with Crippen molar-refractivity contribution in [3.8, 4) is 0 Å². The van der Waals surface area contributed by atoms with Gasteiger partial charge in [0.05, 0.1) is 23.6 Å². The van der Waals surface area contributed by atoms with Crippen LogP contribution in [0, 0.1) is 0 Å². The number of Topliss-reactive ketones (excluding diaryl/α,β-unsaturated/α-hetero) is 3. The molecule has 118 valence electrons. The molecule has 0 radical (unpaired) electrons. The first-order valence-corrected chi connectivity index (χ1v) is 7.23. The lowest BCUT2D eigenvalue weighted by Crippen LogP contribution is -2.15. The minimum Gasteiger partial charge on any atom is -0.324 e. The number of hydrogen-bond donors (Lipinski definition) is 1. The summed E-state index contributed by atoms with van der Waals surface area (Å²) in [4.78, 5) is 45.0. The summed E-state index contributed by atoms with van der Waals surface area (Å²) >= 11 is 12.1. The van der Waals surface area contributed by atoms with Crippen molar-refractivity contribution in [1.82, 2.24) is 0 Å². The smallest absolute Gasteiger partial charge is 0.231 e. The molecule has 1 aromatic carbocycles. The van der Waals surface area contributed by atoms with Crippen LogP contribution in [-0.4, -0.2) is 23.3 Å². The van der Waals surface area contributed by atoms with Crippen molar-refractivity contribution in [1.29, 1.82) is 0 Å². The molecule has 0 saturated heterocycles. The van der Waals surface area contributed by atoms with Crippen LogP contribution < -0.4 is 5.32 Å². The third-order valence-corrected chi connectivity index (χ3v) is 3.32. The Morgan fingerprint density at radius 1 is 0.955 bits per heavy atom. The number of nitrogens with one attached hydrogen (secondary N) is 1. The van der Waals surface area contributed by atoms with Gasteiger partial charge in [-0.25, -0.2) is 0 Å². The largest absolute Gasteiger partial charge is 0.324 e. The van der Waals surface area contributed by atoms with Gasteiger partial charge in [0.2, 0.25) is 5.91 Å². The maximum absolute atomic E-state index is 11.6. The van der Waals surface area contributed by atoms with Crippen LogP contribution in [0.2, 0.25) is 10.0 Å².